The fraction of sp³-hybridized carbons (Fsp3) is 0.267. The molecule has 1 aromatic carbocycles. The van der Waals surface area contributed by atoms with E-state index in [2.05, 4.69) is 44.6 Å². The van der Waals surface area contributed by atoms with Gasteiger partial charge in [-0.2, -0.15) is 0 Å². The molecule has 2 heterocycles. The molecule has 0 fully saturated rings. The van der Waals surface area contributed by atoms with E-state index in [-0.39, 0.29) is 0 Å². The van der Waals surface area contributed by atoms with E-state index in [1.807, 2.05) is 35.9 Å². The molecule has 21 heavy (non-hydrogen) atoms. The van der Waals surface area contributed by atoms with Crippen LogP contribution in [0, 0.1) is 4.77 Å². The number of nitrogens with zero attached hydrogens (tertiary/aromatic N) is 3. The van der Waals surface area contributed by atoms with E-state index in [4.69, 9.17) is 16.6 Å². The van der Waals surface area contributed by atoms with Crippen molar-refractivity contribution >= 4 is 39.2 Å². The quantitative estimate of drug-likeness (QED) is 0.649. The molecule has 0 bridgehead atoms. The van der Waals surface area contributed by atoms with E-state index in [1.54, 1.807) is 0 Å². The summed E-state index contributed by atoms with van der Waals surface area (Å²) >= 11 is 8.88. The molecule has 0 aliphatic carbocycles. The van der Waals surface area contributed by atoms with Gasteiger partial charge in [-0.3, -0.25) is 4.90 Å². The first-order valence-electron chi connectivity index (χ1n) is 6.63. The lowest BCUT2D eigenvalue weighted by atomic mass is 10.3. The van der Waals surface area contributed by atoms with Crippen molar-refractivity contribution in [3.63, 3.8) is 0 Å². The zero-order valence-electron chi connectivity index (χ0n) is 11.9. The Hall–Kier alpha value is -1.37. The van der Waals surface area contributed by atoms with Gasteiger partial charge in [-0.15, -0.1) is 0 Å². The fourth-order valence-electron chi connectivity index (χ4n) is 2.49. The molecule has 0 radical (unpaired) electrons. The second-order valence-electron chi connectivity index (χ2n) is 5.12. The standard InChI is InChI=1S/C15H16BrN3OS/c1-17(9-11-7-8-14(16)20-11)10-19-13-6-4-3-5-12(13)18(2)15(19)21/h3-8H,9-10H2,1-2H3. The van der Waals surface area contributed by atoms with Gasteiger partial charge in [0.25, 0.3) is 0 Å². The summed E-state index contributed by atoms with van der Waals surface area (Å²) in [4.78, 5) is 2.17. The number of furan rings is 1. The number of benzene rings is 1. The van der Waals surface area contributed by atoms with Crippen molar-refractivity contribution in [2.75, 3.05) is 7.05 Å². The number of halogens is 1. The predicted octanol–water partition coefficient (Wildman–Crippen LogP) is 4.15. The van der Waals surface area contributed by atoms with Crippen LogP contribution in [0.25, 0.3) is 11.0 Å². The van der Waals surface area contributed by atoms with Crippen LogP contribution in [-0.4, -0.2) is 21.1 Å². The highest BCUT2D eigenvalue weighted by Gasteiger charge is 2.10. The average Bonchev–Trinajstić information content (AvgIpc) is 2.97. The second-order valence-corrected chi connectivity index (χ2v) is 6.27. The Morgan fingerprint density at radius 1 is 1.19 bits per heavy atom. The Morgan fingerprint density at radius 3 is 2.57 bits per heavy atom. The topological polar surface area (TPSA) is 26.2 Å². The lowest BCUT2D eigenvalue weighted by molar-refractivity contribution is 0.239. The first kappa shape index (κ1) is 14.6. The van der Waals surface area contributed by atoms with Gasteiger partial charge in [0, 0.05) is 7.05 Å². The Morgan fingerprint density at radius 2 is 1.90 bits per heavy atom. The number of imidazole rings is 1. The molecule has 3 rings (SSSR count). The Balaban J connectivity index is 1.88. The van der Waals surface area contributed by atoms with Crippen LogP contribution in [0.3, 0.4) is 0 Å². The third-order valence-corrected chi connectivity index (χ3v) is 4.41. The molecule has 4 nitrogen and oxygen atoms in total. The van der Waals surface area contributed by atoms with Crippen molar-refractivity contribution in [3.8, 4) is 0 Å². The van der Waals surface area contributed by atoms with Crippen molar-refractivity contribution in [1.29, 1.82) is 0 Å². The molecule has 110 valence electrons. The van der Waals surface area contributed by atoms with E-state index in [0.29, 0.717) is 0 Å². The van der Waals surface area contributed by atoms with E-state index in [0.717, 1.165) is 39.4 Å². The maximum absolute atomic E-state index is 5.55. The third kappa shape index (κ3) is 2.84. The van der Waals surface area contributed by atoms with Crippen LogP contribution in [0.15, 0.2) is 45.5 Å². The molecule has 0 unspecified atom stereocenters. The van der Waals surface area contributed by atoms with Gasteiger partial charge in [-0.25, -0.2) is 0 Å². The van der Waals surface area contributed by atoms with E-state index >= 15 is 0 Å². The maximum Gasteiger partial charge on any atom is 0.181 e. The molecule has 6 heteroatoms. The Kier molecular flexibility index (Phi) is 4.01. The monoisotopic (exact) mass is 365 g/mol. The van der Waals surface area contributed by atoms with Crippen LogP contribution in [0.5, 0.6) is 0 Å². The number of hydrogen-bond acceptors (Lipinski definition) is 3. The average molecular weight is 366 g/mol. The van der Waals surface area contributed by atoms with E-state index in [9.17, 15) is 0 Å². The lowest BCUT2D eigenvalue weighted by Gasteiger charge is -2.16. The van der Waals surface area contributed by atoms with Gasteiger partial charge < -0.3 is 13.6 Å². The van der Waals surface area contributed by atoms with Crippen molar-refractivity contribution in [2.24, 2.45) is 7.05 Å². The fourth-order valence-corrected chi connectivity index (χ4v) is 3.09. The van der Waals surface area contributed by atoms with Crippen LogP contribution in [0.1, 0.15) is 5.76 Å². The summed E-state index contributed by atoms with van der Waals surface area (Å²) in [7, 11) is 4.06. The zero-order valence-corrected chi connectivity index (χ0v) is 14.3. The van der Waals surface area contributed by atoms with Crippen molar-refractivity contribution in [2.45, 2.75) is 13.2 Å². The minimum absolute atomic E-state index is 0.721. The molecule has 0 aliphatic heterocycles. The van der Waals surface area contributed by atoms with Crippen LogP contribution in [-0.2, 0) is 20.3 Å². The van der Waals surface area contributed by atoms with Crippen molar-refractivity contribution in [1.82, 2.24) is 14.0 Å². The van der Waals surface area contributed by atoms with Crippen molar-refractivity contribution in [3.05, 3.63) is 51.6 Å². The van der Waals surface area contributed by atoms with Gasteiger partial charge in [0.15, 0.2) is 9.44 Å². The van der Waals surface area contributed by atoms with Gasteiger partial charge in [0.05, 0.1) is 24.2 Å². The van der Waals surface area contributed by atoms with Crippen LogP contribution < -0.4 is 0 Å². The second kappa shape index (κ2) is 5.79. The summed E-state index contributed by atoms with van der Waals surface area (Å²) in [6.07, 6.45) is 0. The molecule has 0 saturated carbocycles. The van der Waals surface area contributed by atoms with Crippen LogP contribution in [0.2, 0.25) is 0 Å². The van der Waals surface area contributed by atoms with Gasteiger partial charge in [-0.05, 0) is 59.5 Å². The van der Waals surface area contributed by atoms with Crippen LogP contribution >= 0.6 is 28.1 Å². The zero-order chi connectivity index (χ0) is 15.0. The molecule has 2 aromatic heterocycles. The number of para-hydroxylation sites is 2. The molecule has 3 aromatic rings. The van der Waals surface area contributed by atoms with Gasteiger partial charge in [0.1, 0.15) is 5.76 Å². The maximum atomic E-state index is 5.55. The predicted molar refractivity (Wildman–Crippen MR) is 89.6 cm³/mol. The number of rotatable bonds is 4. The van der Waals surface area contributed by atoms with Gasteiger partial charge >= 0.3 is 0 Å². The highest BCUT2D eigenvalue weighted by molar-refractivity contribution is 9.10. The summed E-state index contributed by atoms with van der Waals surface area (Å²) in [6.45, 7) is 1.45. The van der Waals surface area contributed by atoms with Gasteiger partial charge in [-0.1, -0.05) is 12.1 Å². The molecule has 0 spiro atoms. The largest absolute Gasteiger partial charge is 0.453 e. The van der Waals surface area contributed by atoms with Crippen LogP contribution in [0.4, 0.5) is 0 Å². The highest BCUT2D eigenvalue weighted by atomic mass is 79.9. The molecule has 0 saturated heterocycles. The van der Waals surface area contributed by atoms with Crippen molar-refractivity contribution < 1.29 is 4.42 Å². The highest BCUT2D eigenvalue weighted by Crippen LogP contribution is 2.19. The normalized spacial score (nSPS) is 11.6. The Bertz CT molecular complexity index is 833. The van der Waals surface area contributed by atoms with E-state index in [1.165, 1.54) is 0 Å². The third-order valence-electron chi connectivity index (χ3n) is 3.49. The minimum atomic E-state index is 0.721. The van der Waals surface area contributed by atoms with E-state index < -0.39 is 0 Å². The molecule has 0 N–H and O–H groups in total. The first-order valence-corrected chi connectivity index (χ1v) is 7.83. The molecule has 0 amide bonds. The number of fused-ring (bicyclic) bond motifs is 1. The summed E-state index contributed by atoms with van der Waals surface area (Å²) in [6, 6.07) is 12.1. The molecular weight excluding hydrogens is 350 g/mol. The number of aromatic nitrogens is 2. The smallest absolute Gasteiger partial charge is 0.181 e. The lowest BCUT2D eigenvalue weighted by Crippen LogP contribution is -2.21. The summed E-state index contributed by atoms with van der Waals surface area (Å²) in [5.74, 6) is 0.927. The summed E-state index contributed by atoms with van der Waals surface area (Å²) < 4.78 is 11.3. The van der Waals surface area contributed by atoms with Gasteiger partial charge in [0.2, 0.25) is 0 Å². The first-order chi connectivity index (χ1) is 10.1. The molecule has 0 atom stereocenters. The summed E-state index contributed by atoms with van der Waals surface area (Å²) in [5.41, 5.74) is 2.30. The molecular formula is C15H16BrN3OS. The number of hydrogen-bond donors (Lipinski definition) is 0. The minimum Gasteiger partial charge on any atom is -0.453 e. The summed E-state index contributed by atoms with van der Waals surface area (Å²) in [5, 5.41) is 0. The number of aryl methyl sites for hydroxylation is 1. The molecule has 0 aliphatic rings. The Labute approximate surface area is 136 Å². The SMILES string of the molecule is CN(Cc1ccc(Br)o1)Cn1c(=S)n(C)c2ccccc21.